The number of hydrogen-bond acceptors (Lipinski definition) is 2. The number of likely N-dealkylation sites (tertiary alicyclic amines) is 1. The van der Waals surface area contributed by atoms with Crippen LogP contribution in [0.4, 0.5) is 0 Å². The fourth-order valence-corrected chi connectivity index (χ4v) is 3.83. The third-order valence-electron chi connectivity index (χ3n) is 5.36. The van der Waals surface area contributed by atoms with Gasteiger partial charge in [-0.2, -0.15) is 17.5 Å². The van der Waals surface area contributed by atoms with Crippen LogP contribution in [-0.4, -0.2) is 29.5 Å². The average molecular weight is 324 g/mol. The number of aromatic nitrogens is 1. The largest absolute Gasteiger partial charge is 0.320 e. The number of benzene rings is 1. The maximum Gasteiger partial charge on any atom is 0.0124 e. The van der Waals surface area contributed by atoms with Crippen LogP contribution in [0, 0.1) is 5.92 Å². The number of nitrogens with zero attached hydrogens (tertiary/aromatic N) is 2. The number of rotatable bonds is 8. The Labute approximate surface area is 147 Å². The Hall–Kier alpha value is -1.54. The van der Waals surface area contributed by atoms with Crippen molar-refractivity contribution in [3.05, 3.63) is 47.5 Å². The summed E-state index contributed by atoms with van der Waals surface area (Å²) in [6.45, 7) is 8.48. The van der Waals surface area contributed by atoms with Crippen LogP contribution >= 0.6 is 0 Å². The topological polar surface area (TPSA) is 16.1 Å². The molecule has 1 saturated heterocycles. The second-order valence-corrected chi connectivity index (χ2v) is 7.21. The lowest BCUT2D eigenvalue weighted by atomic mass is 9.91. The average Bonchev–Trinajstić information content (AvgIpc) is 3.13. The Bertz CT molecular complexity index is 643. The van der Waals surface area contributed by atoms with Crippen LogP contribution in [0.1, 0.15) is 63.5 Å². The van der Waals surface area contributed by atoms with Gasteiger partial charge in [-0.05, 0) is 56.9 Å². The molecule has 2 heteroatoms. The maximum absolute atomic E-state index is 4.65. The highest BCUT2D eigenvalue weighted by atomic mass is 15.1. The SMILES string of the molecule is CCc1cc([C-](C)CCCCCN2CCCC2)c2ncccc2c1. The lowest BCUT2D eigenvalue weighted by Gasteiger charge is -2.25. The van der Waals surface area contributed by atoms with Crippen LogP contribution in [0.3, 0.4) is 0 Å². The van der Waals surface area contributed by atoms with Gasteiger partial charge in [0.25, 0.3) is 0 Å². The monoisotopic (exact) mass is 323 g/mol. The van der Waals surface area contributed by atoms with Gasteiger partial charge in [0.15, 0.2) is 0 Å². The van der Waals surface area contributed by atoms with E-state index >= 15 is 0 Å². The van der Waals surface area contributed by atoms with E-state index in [1.165, 1.54) is 86.1 Å². The number of unbranched alkanes of at least 4 members (excludes halogenated alkanes) is 2. The normalized spacial score (nSPS) is 15.2. The molecule has 2 aromatic rings. The smallest absolute Gasteiger partial charge is 0.0124 e. The Morgan fingerprint density at radius 1 is 1.12 bits per heavy atom. The fourth-order valence-electron chi connectivity index (χ4n) is 3.83. The Balaban J connectivity index is 1.56. The van der Waals surface area contributed by atoms with Crippen LogP contribution in [-0.2, 0) is 6.42 Å². The van der Waals surface area contributed by atoms with Crippen molar-refractivity contribution in [3.8, 4) is 0 Å². The molecule has 2 nitrogen and oxygen atoms in total. The highest BCUT2D eigenvalue weighted by Crippen LogP contribution is 2.29. The molecule has 1 aromatic carbocycles. The molecule has 3 rings (SSSR count). The first-order valence-electron chi connectivity index (χ1n) is 9.70. The Morgan fingerprint density at radius 3 is 2.75 bits per heavy atom. The molecule has 1 aliphatic heterocycles. The van der Waals surface area contributed by atoms with Crippen molar-refractivity contribution in [1.29, 1.82) is 0 Å². The second kappa shape index (κ2) is 8.53. The zero-order chi connectivity index (χ0) is 16.8. The molecule has 0 N–H and O–H groups in total. The molecule has 0 bridgehead atoms. The van der Waals surface area contributed by atoms with E-state index in [4.69, 9.17) is 0 Å². The van der Waals surface area contributed by atoms with Crippen molar-refractivity contribution < 1.29 is 0 Å². The van der Waals surface area contributed by atoms with Crippen LogP contribution in [0.2, 0.25) is 0 Å². The summed E-state index contributed by atoms with van der Waals surface area (Å²) in [5.74, 6) is 1.50. The third-order valence-corrected chi connectivity index (χ3v) is 5.36. The number of fused-ring (bicyclic) bond motifs is 1. The van der Waals surface area contributed by atoms with E-state index in [1.807, 2.05) is 12.3 Å². The van der Waals surface area contributed by atoms with Crippen molar-refractivity contribution >= 4 is 10.9 Å². The van der Waals surface area contributed by atoms with Crippen molar-refractivity contribution in [3.63, 3.8) is 0 Å². The molecule has 0 amide bonds. The second-order valence-electron chi connectivity index (χ2n) is 7.21. The van der Waals surface area contributed by atoms with Crippen molar-refractivity contribution in [2.45, 2.75) is 58.8 Å². The number of pyridine rings is 1. The molecule has 1 aromatic heterocycles. The molecule has 24 heavy (non-hydrogen) atoms. The minimum absolute atomic E-state index is 1.08. The van der Waals surface area contributed by atoms with Crippen LogP contribution in [0.25, 0.3) is 10.9 Å². The minimum Gasteiger partial charge on any atom is -0.320 e. The van der Waals surface area contributed by atoms with Crippen LogP contribution < -0.4 is 0 Å². The fraction of sp³-hybridized carbons (Fsp3) is 0.545. The molecular formula is C22H31N2-. The van der Waals surface area contributed by atoms with Crippen molar-refractivity contribution in [2.24, 2.45) is 0 Å². The summed E-state index contributed by atoms with van der Waals surface area (Å²) in [6.07, 6.45) is 11.0. The van der Waals surface area contributed by atoms with Gasteiger partial charge in [-0.3, -0.25) is 0 Å². The summed E-state index contributed by atoms with van der Waals surface area (Å²) in [4.78, 5) is 7.27. The van der Waals surface area contributed by atoms with Gasteiger partial charge >= 0.3 is 0 Å². The van der Waals surface area contributed by atoms with Gasteiger partial charge in [0.05, 0.1) is 0 Å². The van der Waals surface area contributed by atoms with E-state index in [1.54, 1.807) is 0 Å². The van der Waals surface area contributed by atoms with Gasteiger partial charge in [0, 0.05) is 6.20 Å². The molecule has 2 heterocycles. The molecule has 0 aliphatic carbocycles. The third kappa shape index (κ3) is 4.30. The predicted octanol–water partition coefficient (Wildman–Crippen LogP) is 5.40. The quantitative estimate of drug-likeness (QED) is 0.478. The minimum atomic E-state index is 1.08. The molecule has 130 valence electrons. The first kappa shape index (κ1) is 17.3. The van der Waals surface area contributed by atoms with Gasteiger partial charge in [0.2, 0.25) is 0 Å². The number of hydrogen-bond donors (Lipinski definition) is 0. The molecule has 0 saturated carbocycles. The van der Waals surface area contributed by atoms with Gasteiger partial charge in [-0.25, -0.2) is 0 Å². The standard InChI is InChI=1S/C22H31N2/c1-3-19-16-20-11-9-12-23-22(20)21(17-19)18(2)10-5-4-6-13-24-14-7-8-15-24/h9,11-12,16-17H,3-8,10,13-15H2,1-2H3/q-1. The summed E-state index contributed by atoms with van der Waals surface area (Å²) in [7, 11) is 0. The van der Waals surface area contributed by atoms with E-state index < -0.39 is 0 Å². The predicted molar refractivity (Wildman–Crippen MR) is 103 cm³/mol. The molecule has 0 unspecified atom stereocenters. The molecule has 0 atom stereocenters. The van der Waals surface area contributed by atoms with E-state index in [-0.39, 0.29) is 0 Å². The number of aryl methyl sites for hydroxylation is 1. The van der Waals surface area contributed by atoms with Crippen LogP contribution in [0.5, 0.6) is 0 Å². The van der Waals surface area contributed by atoms with Gasteiger partial charge in [-0.1, -0.05) is 50.6 Å². The lowest BCUT2D eigenvalue weighted by molar-refractivity contribution is 0.328. The van der Waals surface area contributed by atoms with E-state index in [9.17, 15) is 0 Å². The van der Waals surface area contributed by atoms with E-state index in [0.29, 0.717) is 0 Å². The first-order valence-corrected chi connectivity index (χ1v) is 9.70. The van der Waals surface area contributed by atoms with Gasteiger partial charge < -0.3 is 9.88 Å². The highest BCUT2D eigenvalue weighted by Gasteiger charge is 2.10. The molecule has 0 spiro atoms. The van der Waals surface area contributed by atoms with E-state index in [2.05, 4.69) is 41.9 Å². The highest BCUT2D eigenvalue weighted by molar-refractivity contribution is 5.84. The summed E-state index contributed by atoms with van der Waals surface area (Å²) >= 11 is 0. The van der Waals surface area contributed by atoms with Gasteiger partial charge in [0.1, 0.15) is 0 Å². The zero-order valence-corrected chi connectivity index (χ0v) is 15.4. The van der Waals surface area contributed by atoms with E-state index in [0.717, 1.165) is 6.42 Å². The van der Waals surface area contributed by atoms with Crippen molar-refractivity contribution in [2.75, 3.05) is 19.6 Å². The van der Waals surface area contributed by atoms with Gasteiger partial charge in [-0.15, -0.1) is 5.56 Å². The Morgan fingerprint density at radius 2 is 1.96 bits per heavy atom. The zero-order valence-electron chi connectivity index (χ0n) is 15.4. The maximum atomic E-state index is 4.65. The first-order chi connectivity index (χ1) is 11.8. The molecule has 0 radical (unpaired) electrons. The summed E-state index contributed by atoms with van der Waals surface area (Å²) < 4.78 is 0. The molecular weight excluding hydrogens is 292 g/mol. The van der Waals surface area contributed by atoms with Crippen molar-refractivity contribution in [1.82, 2.24) is 9.88 Å². The summed E-state index contributed by atoms with van der Waals surface area (Å²) in [5.41, 5.74) is 3.95. The molecule has 1 fully saturated rings. The summed E-state index contributed by atoms with van der Waals surface area (Å²) in [5, 5.41) is 1.28. The molecule has 1 aliphatic rings. The lowest BCUT2D eigenvalue weighted by Crippen LogP contribution is -2.20. The summed E-state index contributed by atoms with van der Waals surface area (Å²) in [6, 6.07) is 8.87. The van der Waals surface area contributed by atoms with Crippen LogP contribution in [0.15, 0.2) is 30.5 Å². The Kier molecular flexibility index (Phi) is 6.14.